The number of aromatic nitrogens is 1. The molecular weight excluding hydrogens is 359 g/mol. The van der Waals surface area contributed by atoms with Gasteiger partial charge in [0.25, 0.3) is 5.70 Å². The number of nitrogens with zero attached hydrogens (tertiary/aromatic N) is 1. The van der Waals surface area contributed by atoms with Gasteiger partial charge in [-0.2, -0.15) is 4.57 Å². The van der Waals surface area contributed by atoms with Crippen LogP contribution >= 0.6 is 12.2 Å². The summed E-state index contributed by atoms with van der Waals surface area (Å²) in [6.45, 7) is 2.10. The van der Waals surface area contributed by atoms with Crippen molar-refractivity contribution in [3.63, 3.8) is 0 Å². The molecule has 0 aliphatic rings. The maximum Gasteiger partial charge on any atom is 0.288 e. The quantitative estimate of drug-likeness (QED) is 0.283. The number of hydrogen-bond acceptors (Lipinski definition) is 2. The Bertz CT molecular complexity index is 952. The van der Waals surface area contributed by atoms with Gasteiger partial charge in [0.1, 0.15) is 5.82 Å². The average molecular weight is 379 g/mol. The molecule has 1 heterocycles. The monoisotopic (exact) mass is 379 g/mol. The minimum absolute atomic E-state index is 0.0334. The number of nitrogens with one attached hydrogen (secondary N) is 1. The number of hydrogen-bond donors (Lipinski definition) is 2. The Balaban J connectivity index is 2.00. The summed E-state index contributed by atoms with van der Waals surface area (Å²) in [5.74, 6) is -0.397. The van der Waals surface area contributed by atoms with E-state index in [1.807, 2.05) is 42.5 Å². The van der Waals surface area contributed by atoms with Crippen LogP contribution in [0.2, 0.25) is 0 Å². The first-order valence-corrected chi connectivity index (χ1v) is 9.05. The summed E-state index contributed by atoms with van der Waals surface area (Å²) in [7, 11) is 0. The van der Waals surface area contributed by atoms with Crippen LogP contribution in [0, 0.1) is 5.82 Å². The number of aliphatic hydroxyl groups is 1. The van der Waals surface area contributed by atoms with Gasteiger partial charge in [-0.25, -0.2) is 4.39 Å². The van der Waals surface area contributed by atoms with Gasteiger partial charge < -0.3 is 10.4 Å². The molecule has 0 atom stereocenters. The van der Waals surface area contributed by atoms with Gasteiger partial charge in [0, 0.05) is 23.4 Å². The summed E-state index contributed by atoms with van der Waals surface area (Å²) < 4.78 is 15.0. The number of aryl methyl sites for hydroxylation is 1. The third-order valence-corrected chi connectivity index (χ3v) is 4.45. The fraction of sp³-hybridized carbons (Fsp3) is 0.0909. The van der Waals surface area contributed by atoms with Crippen LogP contribution < -0.4 is 9.88 Å². The summed E-state index contributed by atoms with van der Waals surface area (Å²) >= 11 is 5.58. The molecule has 0 bridgehead atoms. The lowest BCUT2D eigenvalue weighted by molar-refractivity contribution is -0.575. The molecule has 5 heteroatoms. The lowest BCUT2D eigenvalue weighted by atomic mass is 10.1. The highest BCUT2D eigenvalue weighted by Crippen LogP contribution is 2.19. The molecule has 1 aromatic heterocycles. The van der Waals surface area contributed by atoms with E-state index in [4.69, 9.17) is 12.2 Å². The van der Waals surface area contributed by atoms with Crippen molar-refractivity contribution in [2.24, 2.45) is 0 Å². The smallest absolute Gasteiger partial charge is 0.288 e. The molecule has 0 unspecified atom stereocenters. The number of benzene rings is 2. The zero-order valence-electron chi connectivity index (χ0n) is 14.9. The van der Waals surface area contributed by atoms with E-state index in [2.05, 4.69) is 12.2 Å². The molecule has 0 aliphatic heterocycles. The van der Waals surface area contributed by atoms with Crippen molar-refractivity contribution in [3.05, 3.63) is 96.1 Å². The lowest BCUT2D eigenvalue weighted by Crippen LogP contribution is -2.38. The first-order valence-electron chi connectivity index (χ1n) is 8.64. The summed E-state index contributed by atoms with van der Waals surface area (Å²) in [4.78, 5) is 0.359. The molecule has 0 saturated carbocycles. The number of pyridine rings is 1. The first-order chi connectivity index (χ1) is 13.1. The molecule has 0 saturated heterocycles. The third-order valence-electron chi connectivity index (χ3n) is 4.15. The summed E-state index contributed by atoms with van der Waals surface area (Å²) in [6.07, 6.45) is 4.55. The van der Waals surface area contributed by atoms with Crippen molar-refractivity contribution in [2.75, 3.05) is 5.32 Å². The SMILES string of the molecule is CCc1ccc(NC(=S)/C(=C(\O)c2ccc(F)cc2)[n+]2ccccc2)cc1. The highest BCUT2D eigenvalue weighted by molar-refractivity contribution is 7.81. The molecule has 2 N–H and O–H groups in total. The molecule has 27 heavy (non-hydrogen) atoms. The molecule has 0 radical (unpaired) electrons. The summed E-state index contributed by atoms with van der Waals surface area (Å²) in [5.41, 5.74) is 2.96. The van der Waals surface area contributed by atoms with Crippen LogP contribution in [0.3, 0.4) is 0 Å². The van der Waals surface area contributed by atoms with Crippen LogP contribution in [0.5, 0.6) is 0 Å². The number of anilines is 1. The van der Waals surface area contributed by atoms with Gasteiger partial charge in [-0.15, -0.1) is 0 Å². The van der Waals surface area contributed by atoms with Crippen molar-refractivity contribution in [1.82, 2.24) is 0 Å². The molecule has 3 nitrogen and oxygen atoms in total. The van der Waals surface area contributed by atoms with Crippen LogP contribution in [-0.2, 0) is 6.42 Å². The first kappa shape index (κ1) is 18.7. The lowest BCUT2D eigenvalue weighted by Gasteiger charge is -2.10. The van der Waals surface area contributed by atoms with Crippen molar-refractivity contribution in [3.8, 4) is 0 Å². The predicted molar refractivity (Wildman–Crippen MR) is 111 cm³/mol. The maximum atomic E-state index is 13.2. The number of aliphatic hydroxyl groups excluding tert-OH is 1. The van der Waals surface area contributed by atoms with Gasteiger partial charge in [0.2, 0.25) is 0 Å². The van der Waals surface area contributed by atoms with Crippen LogP contribution in [0.15, 0.2) is 79.1 Å². The Morgan fingerprint density at radius 2 is 1.63 bits per heavy atom. The third kappa shape index (κ3) is 4.57. The second-order valence-corrected chi connectivity index (χ2v) is 6.40. The van der Waals surface area contributed by atoms with E-state index in [0.29, 0.717) is 16.2 Å². The van der Waals surface area contributed by atoms with E-state index in [1.54, 1.807) is 17.0 Å². The summed E-state index contributed by atoms with van der Waals surface area (Å²) in [6, 6.07) is 19.2. The predicted octanol–water partition coefficient (Wildman–Crippen LogP) is 5.00. The second-order valence-electron chi connectivity index (χ2n) is 5.99. The highest BCUT2D eigenvalue weighted by atomic mass is 32.1. The molecule has 136 valence electrons. The molecule has 2 aromatic carbocycles. The molecule has 0 spiro atoms. The van der Waals surface area contributed by atoms with Gasteiger partial charge in [-0.3, -0.25) is 0 Å². The topological polar surface area (TPSA) is 36.1 Å². The van der Waals surface area contributed by atoms with E-state index in [-0.39, 0.29) is 11.6 Å². The highest BCUT2D eigenvalue weighted by Gasteiger charge is 2.23. The van der Waals surface area contributed by atoms with E-state index < -0.39 is 0 Å². The van der Waals surface area contributed by atoms with Crippen molar-refractivity contribution in [1.29, 1.82) is 0 Å². The van der Waals surface area contributed by atoms with Crippen LogP contribution in [-0.4, -0.2) is 10.1 Å². The minimum Gasteiger partial charge on any atom is -0.502 e. The standard InChI is InChI=1S/C22H19FN2OS/c1-2-16-6-12-19(13-7-16)24-22(27)20(25-14-4-3-5-15-25)21(26)17-8-10-18(23)11-9-17/h3-15H,2H2,1H3,(H-,24,26,27)/p+1. The molecule has 0 aliphatic carbocycles. The van der Waals surface area contributed by atoms with Gasteiger partial charge in [-0.1, -0.05) is 37.3 Å². The largest absolute Gasteiger partial charge is 0.502 e. The van der Waals surface area contributed by atoms with Crippen LogP contribution in [0.1, 0.15) is 18.1 Å². The normalized spacial score (nSPS) is 11.6. The number of rotatable bonds is 5. The Kier molecular flexibility index (Phi) is 5.94. The Morgan fingerprint density at radius 1 is 1.00 bits per heavy atom. The van der Waals surface area contributed by atoms with Crippen molar-refractivity contribution >= 4 is 34.3 Å². The van der Waals surface area contributed by atoms with Crippen LogP contribution in [0.4, 0.5) is 10.1 Å². The van der Waals surface area contributed by atoms with E-state index in [0.717, 1.165) is 12.1 Å². The Morgan fingerprint density at radius 3 is 2.22 bits per heavy atom. The van der Waals surface area contributed by atoms with Gasteiger partial charge >= 0.3 is 0 Å². The fourth-order valence-corrected chi connectivity index (χ4v) is 2.97. The Hall–Kier alpha value is -3.05. The zero-order valence-corrected chi connectivity index (χ0v) is 15.7. The van der Waals surface area contributed by atoms with E-state index in [9.17, 15) is 9.50 Å². The van der Waals surface area contributed by atoms with Gasteiger partial charge in [0.05, 0.1) is 0 Å². The molecule has 0 amide bonds. The zero-order chi connectivity index (χ0) is 19.2. The van der Waals surface area contributed by atoms with Crippen molar-refractivity contribution in [2.45, 2.75) is 13.3 Å². The van der Waals surface area contributed by atoms with E-state index >= 15 is 0 Å². The fourth-order valence-electron chi connectivity index (χ4n) is 2.65. The number of halogens is 1. The number of thiocarbonyl (C=S) groups is 1. The van der Waals surface area contributed by atoms with Gasteiger partial charge in [0.15, 0.2) is 23.1 Å². The van der Waals surface area contributed by atoms with E-state index in [1.165, 1.54) is 29.8 Å². The average Bonchev–Trinajstić information content (AvgIpc) is 2.70. The maximum absolute atomic E-state index is 13.2. The minimum atomic E-state index is -0.364. The second kappa shape index (κ2) is 8.56. The summed E-state index contributed by atoms with van der Waals surface area (Å²) in [5, 5.41) is 14.0. The molecule has 3 aromatic rings. The van der Waals surface area contributed by atoms with Crippen molar-refractivity contribution < 1.29 is 14.1 Å². The molecular formula is C22H20FN2OS+. The Labute approximate surface area is 163 Å². The van der Waals surface area contributed by atoms with Gasteiger partial charge in [-0.05, 0) is 48.4 Å². The van der Waals surface area contributed by atoms with Crippen LogP contribution in [0.25, 0.3) is 11.5 Å². The molecule has 3 rings (SSSR count). The molecule has 0 fully saturated rings.